The maximum absolute atomic E-state index is 11.5. The molecule has 0 spiro atoms. The SMILES string of the molecule is CC1=C(C)C(=O)C[C@H](C(C)C)C1. The maximum Gasteiger partial charge on any atom is 0.158 e. The molecule has 1 rings (SSSR count). The van der Waals surface area contributed by atoms with E-state index in [9.17, 15) is 4.79 Å². The molecule has 0 radical (unpaired) electrons. The van der Waals surface area contributed by atoms with Crippen molar-refractivity contribution in [2.75, 3.05) is 0 Å². The predicted octanol–water partition coefficient (Wildman–Crippen LogP) is 2.96. The molecule has 0 aromatic carbocycles. The summed E-state index contributed by atoms with van der Waals surface area (Å²) in [6.07, 6.45) is 1.89. The fraction of sp³-hybridized carbons (Fsp3) is 0.727. The number of hydrogen-bond donors (Lipinski definition) is 0. The zero-order chi connectivity index (χ0) is 9.30. The zero-order valence-electron chi connectivity index (χ0n) is 8.48. The summed E-state index contributed by atoms with van der Waals surface area (Å²) >= 11 is 0. The first-order valence-corrected chi connectivity index (χ1v) is 4.72. The van der Waals surface area contributed by atoms with Crippen LogP contribution in [0.25, 0.3) is 0 Å². The van der Waals surface area contributed by atoms with Gasteiger partial charge >= 0.3 is 0 Å². The number of carbonyl (C=O) groups is 1. The van der Waals surface area contributed by atoms with E-state index in [1.807, 2.05) is 6.92 Å². The van der Waals surface area contributed by atoms with Gasteiger partial charge in [-0.15, -0.1) is 0 Å². The number of rotatable bonds is 1. The van der Waals surface area contributed by atoms with Crippen LogP contribution in [0.4, 0.5) is 0 Å². The van der Waals surface area contributed by atoms with Crippen LogP contribution in [0, 0.1) is 11.8 Å². The third-order valence-electron chi connectivity index (χ3n) is 3.02. The van der Waals surface area contributed by atoms with Crippen molar-refractivity contribution in [3.63, 3.8) is 0 Å². The molecule has 1 heteroatoms. The Labute approximate surface area is 74.9 Å². The van der Waals surface area contributed by atoms with Crippen LogP contribution in [0.2, 0.25) is 0 Å². The van der Waals surface area contributed by atoms with Gasteiger partial charge in [0, 0.05) is 6.42 Å². The highest BCUT2D eigenvalue weighted by atomic mass is 16.1. The molecule has 0 N–H and O–H groups in total. The topological polar surface area (TPSA) is 17.1 Å². The van der Waals surface area contributed by atoms with Crippen molar-refractivity contribution < 1.29 is 4.79 Å². The van der Waals surface area contributed by atoms with Gasteiger partial charge in [0.05, 0.1) is 0 Å². The molecule has 0 aliphatic heterocycles. The van der Waals surface area contributed by atoms with Crippen molar-refractivity contribution >= 4 is 5.78 Å². The van der Waals surface area contributed by atoms with Gasteiger partial charge in [0.15, 0.2) is 5.78 Å². The highest BCUT2D eigenvalue weighted by molar-refractivity contribution is 5.96. The molecule has 0 saturated carbocycles. The van der Waals surface area contributed by atoms with Crippen molar-refractivity contribution in [2.24, 2.45) is 11.8 Å². The molecule has 12 heavy (non-hydrogen) atoms. The van der Waals surface area contributed by atoms with Gasteiger partial charge in [-0.1, -0.05) is 19.4 Å². The van der Waals surface area contributed by atoms with Gasteiger partial charge in [-0.2, -0.15) is 0 Å². The average Bonchev–Trinajstić information content (AvgIpc) is 1.99. The standard InChI is InChI=1S/C11H18O/c1-7(2)10-5-8(3)9(4)11(12)6-10/h7,10H,5-6H2,1-4H3/t10-/m1/s1. The summed E-state index contributed by atoms with van der Waals surface area (Å²) in [7, 11) is 0. The summed E-state index contributed by atoms with van der Waals surface area (Å²) in [6.45, 7) is 8.44. The van der Waals surface area contributed by atoms with Gasteiger partial charge in [-0.25, -0.2) is 0 Å². The van der Waals surface area contributed by atoms with E-state index in [1.54, 1.807) is 0 Å². The molecule has 0 aromatic rings. The first kappa shape index (κ1) is 9.50. The van der Waals surface area contributed by atoms with Gasteiger partial charge < -0.3 is 0 Å². The van der Waals surface area contributed by atoms with Crippen LogP contribution in [0.1, 0.15) is 40.5 Å². The number of allylic oxidation sites excluding steroid dienone is 2. The highest BCUT2D eigenvalue weighted by Gasteiger charge is 2.24. The first-order chi connectivity index (χ1) is 5.52. The lowest BCUT2D eigenvalue weighted by Gasteiger charge is -2.26. The zero-order valence-corrected chi connectivity index (χ0v) is 8.48. The molecule has 1 atom stereocenters. The van der Waals surface area contributed by atoms with Crippen LogP contribution >= 0.6 is 0 Å². The van der Waals surface area contributed by atoms with Crippen LogP contribution in [0.15, 0.2) is 11.1 Å². The van der Waals surface area contributed by atoms with E-state index in [-0.39, 0.29) is 0 Å². The Morgan fingerprint density at radius 3 is 2.25 bits per heavy atom. The summed E-state index contributed by atoms with van der Waals surface area (Å²) in [5, 5.41) is 0. The third kappa shape index (κ3) is 1.77. The quantitative estimate of drug-likeness (QED) is 0.585. The Morgan fingerprint density at radius 1 is 1.25 bits per heavy atom. The Balaban J connectivity index is 2.78. The minimum atomic E-state index is 0.359. The molecule has 0 amide bonds. The molecule has 0 heterocycles. The normalized spacial score (nSPS) is 25.4. The van der Waals surface area contributed by atoms with Gasteiger partial charge in [-0.05, 0) is 37.7 Å². The molecule has 1 aliphatic rings. The maximum atomic E-state index is 11.5. The fourth-order valence-electron chi connectivity index (χ4n) is 1.72. The van der Waals surface area contributed by atoms with Crippen molar-refractivity contribution in [3.05, 3.63) is 11.1 Å². The summed E-state index contributed by atoms with van der Waals surface area (Å²) in [4.78, 5) is 11.5. The lowest BCUT2D eigenvalue weighted by molar-refractivity contribution is -0.117. The van der Waals surface area contributed by atoms with Crippen LogP contribution in [-0.2, 0) is 4.79 Å². The summed E-state index contributed by atoms with van der Waals surface area (Å²) in [6, 6.07) is 0. The lowest BCUT2D eigenvalue weighted by atomic mass is 9.78. The van der Waals surface area contributed by atoms with E-state index in [2.05, 4.69) is 20.8 Å². The Kier molecular flexibility index (Phi) is 2.71. The second kappa shape index (κ2) is 3.42. The van der Waals surface area contributed by atoms with Crippen LogP contribution < -0.4 is 0 Å². The summed E-state index contributed by atoms with van der Waals surface area (Å²) in [5.41, 5.74) is 2.30. The van der Waals surface area contributed by atoms with Crippen molar-refractivity contribution in [3.8, 4) is 0 Å². The van der Waals surface area contributed by atoms with Crippen molar-refractivity contribution in [1.82, 2.24) is 0 Å². The summed E-state index contributed by atoms with van der Waals surface area (Å²) in [5.74, 6) is 1.58. The molecule has 1 aliphatic carbocycles. The minimum absolute atomic E-state index is 0.359. The molecular formula is C11H18O. The second-order valence-electron chi connectivity index (χ2n) is 4.24. The van der Waals surface area contributed by atoms with Crippen LogP contribution in [0.5, 0.6) is 0 Å². The van der Waals surface area contributed by atoms with Gasteiger partial charge in [0.2, 0.25) is 0 Å². The van der Waals surface area contributed by atoms with Crippen LogP contribution in [0.3, 0.4) is 0 Å². The fourth-order valence-corrected chi connectivity index (χ4v) is 1.72. The predicted molar refractivity (Wildman–Crippen MR) is 50.9 cm³/mol. The highest BCUT2D eigenvalue weighted by Crippen LogP contribution is 2.31. The molecule has 0 saturated heterocycles. The third-order valence-corrected chi connectivity index (χ3v) is 3.02. The van der Waals surface area contributed by atoms with E-state index in [1.165, 1.54) is 5.57 Å². The Hall–Kier alpha value is -0.590. The van der Waals surface area contributed by atoms with Crippen LogP contribution in [-0.4, -0.2) is 5.78 Å². The van der Waals surface area contributed by atoms with E-state index >= 15 is 0 Å². The monoisotopic (exact) mass is 166 g/mol. The number of ketones is 1. The van der Waals surface area contributed by atoms with Gasteiger partial charge in [0.25, 0.3) is 0 Å². The molecule has 68 valence electrons. The molecule has 1 nitrogen and oxygen atoms in total. The summed E-state index contributed by atoms with van der Waals surface area (Å²) < 4.78 is 0. The first-order valence-electron chi connectivity index (χ1n) is 4.72. The van der Waals surface area contributed by atoms with E-state index in [4.69, 9.17) is 0 Å². The second-order valence-corrected chi connectivity index (χ2v) is 4.24. The van der Waals surface area contributed by atoms with Gasteiger partial charge in [-0.3, -0.25) is 4.79 Å². The number of hydrogen-bond acceptors (Lipinski definition) is 1. The number of carbonyl (C=O) groups excluding carboxylic acids is 1. The van der Waals surface area contributed by atoms with E-state index in [0.29, 0.717) is 17.6 Å². The largest absolute Gasteiger partial charge is 0.295 e. The molecule has 0 fully saturated rings. The van der Waals surface area contributed by atoms with Crippen molar-refractivity contribution in [1.29, 1.82) is 0 Å². The average molecular weight is 166 g/mol. The van der Waals surface area contributed by atoms with Gasteiger partial charge in [0.1, 0.15) is 0 Å². The number of Topliss-reactive ketones (excluding diaryl/α,β-unsaturated/α-hetero) is 1. The van der Waals surface area contributed by atoms with E-state index in [0.717, 1.165) is 18.4 Å². The lowest BCUT2D eigenvalue weighted by Crippen LogP contribution is -2.21. The molecule has 0 unspecified atom stereocenters. The smallest absolute Gasteiger partial charge is 0.158 e. The molecular weight excluding hydrogens is 148 g/mol. The van der Waals surface area contributed by atoms with E-state index < -0.39 is 0 Å². The molecule has 0 aromatic heterocycles. The minimum Gasteiger partial charge on any atom is -0.295 e. The van der Waals surface area contributed by atoms with Crippen molar-refractivity contribution in [2.45, 2.75) is 40.5 Å². The molecule has 0 bridgehead atoms. The Bertz CT molecular complexity index is 223. The Morgan fingerprint density at radius 2 is 1.83 bits per heavy atom.